The number of rotatable bonds is 7. The molecule has 0 spiro atoms. The topological polar surface area (TPSA) is 84.2 Å². The number of fused-ring (bicyclic) bond motifs is 1. The summed E-state index contributed by atoms with van der Waals surface area (Å²) in [6.07, 6.45) is 3.58. The number of hydrogen-bond donors (Lipinski definition) is 2. The van der Waals surface area contributed by atoms with Gasteiger partial charge in [0.2, 0.25) is 5.95 Å². The molecule has 7 nitrogen and oxygen atoms in total. The molecule has 5 rings (SSSR count). The van der Waals surface area contributed by atoms with Crippen molar-refractivity contribution in [3.05, 3.63) is 89.8 Å². The second-order valence-corrected chi connectivity index (χ2v) is 8.06. The maximum Gasteiger partial charge on any atom is 0.251 e. The highest BCUT2D eigenvalue weighted by atomic mass is 32.1. The molecule has 0 aliphatic carbocycles. The number of carbonyl (C=O) groups is 1. The van der Waals surface area contributed by atoms with Crippen LogP contribution in [0.5, 0.6) is 0 Å². The van der Waals surface area contributed by atoms with Gasteiger partial charge in [0, 0.05) is 42.0 Å². The number of halogens is 1. The Morgan fingerprint density at radius 1 is 1.03 bits per heavy atom. The molecule has 1 amide bonds. The fourth-order valence-corrected chi connectivity index (χ4v) is 4.20. The first-order valence-corrected chi connectivity index (χ1v) is 11.2. The molecular weight excluding hydrogens is 439 g/mol. The molecule has 5 aromatic rings. The molecule has 0 unspecified atom stereocenters. The highest BCUT2D eigenvalue weighted by Gasteiger charge is 2.18. The molecule has 2 N–H and O–H groups in total. The zero-order chi connectivity index (χ0) is 22.6. The molecule has 3 heterocycles. The van der Waals surface area contributed by atoms with Crippen molar-refractivity contribution in [1.82, 2.24) is 24.7 Å². The third-order valence-corrected chi connectivity index (χ3v) is 5.74. The molecule has 2 aromatic carbocycles. The summed E-state index contributed by atoms with van der Waals surface area (Å²) in [6, 6.07) is 17.2. The normalized spacial score (nSPS) is 10.9. The number of nitrogens with one attached hydrogen (secondary N) is 2. The van der Waals surface area contributed by atoms with Gasteiger partial charge in [-0.05, 0) is 30.3 Å². The summed E-state index contributed by atoms with van der Waals surface area (Å²) < 4.78 is 15.8. The highest BCUT2D eigenvalue weighted by Crippen LogP contribution is 2.33. The first-order valence-electron chi connectivity index (χ1n) is 10.3. The summed E-state index contributed by atoms with van der Waals surface area (Å²) in [4.78, 5) is 26.6. The van der Waals surface area contributed by atoms with Gasteiger partial charge in [-0.15, -0.1) is 11.3 Å². The number of hydrogen-bond acceptors (Lipinski definition) is 6. The molecular formula is C24H19FN6OS. The average molecular weight is 459 g/mol. The number of amides is 1. The first-order chi connectivity index (χ1) is 16.2. The molecule has 164 valence electrons. The molecule has 0 saturated heterocycles. The van der Waals surface area contributed by atoms with Crippen LogP contribution >= 0.6 is 11.3 Å². The summed E-state index contributed by atoms with van der Waals surface area (Å²) in [7, 11) is 0. The van der Waals surface area contributed by atoms with E-state index in [-0.39, 0.29) is 11.7 Å². The molecule has 0 fully saturated rings. The van der Waals surface area contributed by atoms with Crippen LogP contribution in [0.2, 0.25) is 0 Å². The van der Waals surface area contributed by atoms with Crippen molar-refractivity contribution in [2.45, 2.75) is 0 Å². The number of thiazole rings is 1. The Hall–Kier alpha value is -4.11. The summed E-state index contributed by atoms with van der Waals surface area (Å²) in [5.41, 5.74) is 3.37. The van der Waals surface area contributed by atoms with Gasteiger partial charge >= 0.3 is 0 Å². The van der Waals surface area contributed by atoms with E-state index in [0.29, 0.717) is 41.6 Å². The summed E-state index contributed by atoms with van der Waals surface area (Å²) in [5, 5.41) is 7.94. The molecule has 0 aliphatic heterocycles. The van der Waals surface area contributed by atoms with Crippen LogP contribution < -0.4 is 10.6 Å². The quantitative estimate of drug-likeness (QED) is 0.351. The van der Waals surface area contributed by atoms with Crippen LogP contribution in [0.25, 0.3) is 27.6 Å². The minimum atomic E-state index is -0.322. The van der Waals surface area contributed by atoms with E-state index >= 15 is 0 Å². The fourth-order valence-electron chi connectivity index (χ4n) is 3.49. The summed E-state index contributed by atoms with van der Waals surface area (Å²) in [6.45, 7) is 0.871. The smallest absolute Gasteiger partial charge is 0.251 e. The van der Waals surface area contributed by atoms with Crippen molar-refractivity contribution < 1.29 is 9.18 Å². The number of benzene rings is 2. The molecule has 0 atom stereocenters. The lowest BCUT2D eigenvalue weighted by Gasteiger charge is -2.09. The predicted molar refractivity (Wildman–Crippen MR) is 127 cm³/mol. The van der Waals surface area contributed by atoms with Crippen molar-refractivity contribution in [2.24, 2.45) is 0 Å². The van der Waals surface area contributed by atoms with E-state index in [4.69, 9.17) is 4.98 Å². The Balaban J connectivity index is 1.35. The van der Waals surface area contributed by atoms with E-state index in [1.807, 2.05) is 40.2 Å². The van der Waals surface area contributed by atoms with Crippen LogP contribution in [0.4, 0.5) is 10.3 Å². The van der Waals surface area contributed by atoms with Crippen LogP contribution in [-0.2, 0) is 0 Å². The van der Waals surface area contributed by atoms with Crippen LogP contribution in [0.1, 0.15) is 10.4 Å². The van der Waals surface area contributed by atoms with Gasteiger partial charge in [0.05, 0.1) is 11.4 Å². The summed E-state index contributed by atoms with van der Waals surface area (Å²) in [5.74, 6) is -0.0276. The predicted octanol–water partition coefficient (Wildman–Crippen LogP) is 4.50. The molecule has 33 heavy (non-hydrogen) atoms. The second kappa shape index (κ2) is 9.17. The van der Waals surface area contributed by atoms with Crippen molar-refractivity contribution in [2.75, 3.05) is 18.4 Å². The zero-order valence-electron chi connectivity index (χ0n) is 17.4. The Morgan fingerprint density at radius 3 is 2.76 bits per heavy atom. The van der Waals surface area contributed by atoms with Crippen molar-refractivity contribution >= 4 is 28.2 Å². The van der Waals surface area contributed by atoms with Crippen LogP contribution in [-0.4, -0.2) is 38.3 Å². The van der Waals surface area contributed by atoms with Gasteiger partial charge < -0.3 is 10.6 Å². The largest absolute Gasteiger partial charge is 0.352 e. The van der Waals surface area contributed by atoms with Crippen LogP contribution in [0, 0.1) is 5.82 Å². The maximum atomic E-state index is 13.9. The molecule has 9 heteroatoms. The lowest BCUT2D eigenvalue weighted by molar-refractivity contribution is 0.0955. The maximum absolute atomic E-state index is 13.9. The third-order valence-electron chi connectivity index (χ3n) is 4.99. The summed E-state index contributed by atoms with van der Waals surface area (Å²) >= 11 is 1.50. The van der Waals surface area contributed by atoms with E-state index < -0.39 is 0 Å². The van der Waals surface area contributed by atoms with E-state index in [1.165, 1.54) is 23.5 Å². The van der Waals surface area contributed by atoms with Crippen molar-refractivity contribution in [3.8, 4) is 22.6 Å². The third kappa shape index (κ3) is 4.44. The Labute approximate surface area is 193 Å². The van der Waals surface area contributed by atoms with Crippen LogP contribution in [0.15, 0.2) is 78.4 Å². The van der Waals surface area contributed by atoms with Crippen LogP contribution in [0.3, 0.4) is 0 Å². The van der Waals surface area contributed by atoms with Gasteiger partial charge in [0.15, 0.2) is 4.96 Å². The number of anilines is 1. The highest BCUT2D eigenvalue weighted by molar-refractivity contribution is 7.15. The number of imidazole rings is 1. The zero-order valence-corrected chi connectivity index (χ0v) is 18.2. The van der Waals surface area contributed by atoms with Gasteiger partial charge in [-0.3, -0.25) is 9.20 Å². The Morgan fingerprint density at radius 2 is 1.91 bits per heavy atom. The lowest BCUT2D eigenvalue weighted by atomic mass is 10.1. The standard InChI is InChI=1S/C24H19FN6OS/c25-18-8-4-7-17(15-18)20-21(31-13-14-33-24(31)30-20)19-9-10-27-23(29-19)28-12-11-26-22(32)16-5-2-1-3-6-16/h1-10,13-15H,11-12H2,(H,26,32)(H,27,28,29). The average Bonchev–Trinajstić information content (AvgIpc) is 3.44. The number of nitrogens with zero attached hydrogens (tertiary/aromatic N) is 4. The van der Waals surface area contributed by atoms with Gasteiger partial charge in [-0.25, -0.2) is 19.3 Å². The molecule has 0 saturated carbocycles. The van der Waals surface area contributed by atoms with Crippen molar-refractivity contribution in [3.63, 3.8) is 0 Å². The molecule has 0 aliphatic rings. The van der Waals surface area contributed by atoms with Gasteiger partial charge in [0.25, 0.3) is 5.91 Å². The fraction of sp³-hybridized carbons (Fsp3) is 0.0833. The minimum Gasteiger partial charge on any atom is -0.352 e. The molecule has 0 bridgehead atoms. The van der Waals surface area contributed by atoms with Gasteiger partial charge in [-0.2, -0.15) is 0 Å². The van der Waals surface area contributed by atoms with E-state index in [2.05, 4.69) is 20.6 Å². The minimum absolute atomic E-state index is 0.133. The Kier molecular flexibility index (Phi) is 5.77. The number of carbonyl (C=O) groups excluding carboxylic acids is 1. The van der Waals surface area contributed by atoms with Gasteiger partial charge in [0.1, 0.15) is 11.5 Å². The van der Waals surface area contributed by atoms with Crippen molar-refractivity contribution in [1.29, 1.82) is 0 Å². The first kappa shape index (κ1) is 20.8. The van der Waals surface area contributed by atoms with E-state index in [0.717, 1.165) is 10.7 Å². The molecule has 3 aromatic heterocycles. The van der Waals surface area contributed by atoms with E-state index in [1.54, 1.807) is 30.5 Å². The monoisotopic (exact) mass is 458 g/mol. The number of aromatic nitrogens is 4. The van der Waals surface area contributed by atoms with E-state index in [9.17, 15) is 9.18 Å². The lowest BCUT2D eigenvalue weighted by Crippen LogP contribution is -2.29. The molecule has 0 radical (unpaired) electrons. The van der Waals surface area contributed by atoms with Gasteiger partial charge in [-0.1, -0.05) is 30.3 Å². The Bertz CT molecular complexity index is 1420. The SMILES string of the molecule is O=C(NCCNc1nccc(-c2c(-c3cccc(F)c3)nc3sccn23)n1)c1ccccc1. The second-order valence-electron chi connectivity index (χ2n) is 7.19.